The molecule has 1 amide bonds. The Kier molecular flexibility index (Phi) is 4.77. The minimum absolute atomic E-state index is 0.198. The molecule has 0 unspecified atom stereocenters. The van der Waals surface area contributed by atoms with E-state index in [1.54, 1.807) is 20.8 Å². The molecule has 0 N–H and O–H groups in total. The van der Waals surface area contributed by atoms with E-state index in [9.17, 15) is 9.18 Å². The summed E-state index contributed by atoms with van der Waals surface area (Å²) in [5.74, 6) is -0.340. The average molecular weight is 324 g/mol. The molecule has 0 saturated heterocycles. The highest BCUT2D eigenvalue weighted by molar-refractivity contribution is 5.84. The van der Waals surface area contributed by atoms with Crippen LogP contribution in [0, 0.1) is 5.82 Å². The molecule has 1 aliphatic heterocycles. The molecule has 2 heterocycles. The van der Waals surface area contributed by atoms with Crippen LogP contribution < -0.4 is 4.74 Å². The van der Waals surface area contributed by atoms with E-state index in [2.05, 4.69) is 4.98 Å². The molecule has 7 heteroatoms. The molecule has 126 valence electrons. The van der Waals surface area contributed by atoms with Gasteiger partial charge in [-0.3, -0.25) is 4.90 Å². The maximum Gasteiger partial charge on any atom is 0.415 e. The second-order valence-corrected chi connectivity index (χ2v) is 6.25. The fraction of sp³-hybridized carbons (Fsp3) is 0.500. The molecule has 0 radical (unpaired) electrons. The van der Waals surface area contributed by atoms with Crippen molar-refractivity contribution in [3.05, 3.63) is 29.9 Å². The van der Waals surface area contributed by atoms with E-state index < -0.39 is 17.5 Å². The van der Waals surface area contributed by atoms with Crippen molar-refractivity contribution >= 4 is 11.8 Å². The molecule has 0 spiro atoms. The fourth-order valence-electron chi connectivity index (χ4n) is 2.19. The third-order valence-electron chi connectivity index (χ3n) is 3.11. The number of carbonyl (C=O) groups excluding carboxylic acids is 1. The van der Waals surface area contributed by atoms with Gasteiger partial charge >= 0.3 is 6.09 Å². The largest absolute Gasteiger partial charge is 0.497 e. The lowest BCUT2D eigenvalue weighted by atomic mass is 10.1. The summed E-state index contributed by atoms with van der Waals surface area (Å²) in [5.41, 5.74) is 0.0246. The zero-order valence-corrected chi connectivity index (χ0v) is 13.9. The van der Waals surface area contributed by atoms with Crippen LogP contribution in [-0.2, 0) is 9.47 Å². The predicted molar refractivity (Wildman–Crippen MR) is 82.2 cm³/mol. The summed E-state index contributed by atoms with van der Waals surface area (Å²) < 4.78 is 29.6. The molecule has 1 aromatic heterocycles. The molecule has 1 aliphatic rings. The Morgan fingerprint density at radius 2 is 2.17 bits per heavy atom. The molecule has 0 saturated carbocycles. The lowest BCUT2D eigenvalue weighted by Gasteiger charge is -2.35. The highest BCUT2D eigenvalue weighted by Gasteiger charge is 2.34. The summed E-state index contributed by atoms with van der Waals surface area (Å²) in [6.45, 7) is 7.47. The van der Waals surface area contributed by atoms with Crippen molar-refractivity contribution in [1.29, 1.82) is 0 Å². The van der Waals surface area contributed by atoms with Gasteiger partial charge in [0.1, 0.15) is 24.3 Å². The SMILES string of the molecule is COc1ncc(F)cc1C1=COC[C@@H](C)N1C(=O)OC(C)(C)C. The van der Waals surface area contributed by atoms with Crippen molar-refractivity contribution < 1.29 is 23.4 Å². The second kappa shape index (κ2) is 6.44. The van der Waals surface area contributed by atoms with Gasteiger partial charge in [-0.15, -0.1) is 0 Å². The van der Waals surface area contributed by atoms with Crippen molar-refractivity contribution in [2.75, 3.05) is 13.7 Å². The van der Waals surface area contributed by atoms with Gasteiger partial charge in [-0.2, -0.15) is 0 Å². The van der Waals surface area contributed by atoms with E-state index in [1.165, 1.54) is 24.3 Å². The first-order valence-corrected chi connectivity index (χ1v) is 7.27. The van der Waals surface area contributed by atoms with Crippen LogP contribution in [0.25, 0.3) is 5.70 Å². The summed E-state index contributed by atoms with van der Waals surface area (Å²) in [7, 11) is 1.43. The Bertz CT molecular complexity index is 625. The van der Waals surface area contributed by atoms with Crippen LogP contribution in [0.4, 0.5) is 9.18 Å². The quantitative estimate of drug-likeness (QED) is 0.836. The molecule has 2 rings (SSSR count). The Balaban J connectivity index is 2.44. The van der Waals surface area contributed by atoms with Crippen LogP contribution in [-0.4, -0.2) is 41.3 Å². The van der Waals surface area contributed by atoms with Crippen molar-refractivity contribution in [2.45, 2.75) is 39.3 Å². The second-order valence-electron chi connectivity index (χ2n) is 6.25. The van der Waals surface area contributed by atoms with Crippen LogP contribution in [0.5, 0.6) is 5.88 Å². The van der Waals surface area contributed by atoms with Gasteiger partial charge in [0.05, 0.1) is 30.6 Å². The number of methoxy groups -OCH3 is 1. The number of nitrogens with zero attached hydrogens (tertiary/aromatic N) is 2. The van der Waals surface area contributed by atoms with Crippen LogP contribution >= 0.6 is 0 Å². The lowest BCUT2D eigenvalue weighted by molar-refractivity contribution is 0.0203. The zero-order chi connectivity index (χ0) is 17.2. The number of halogens is 1. The van der Waals surface area contributed by atoms with Crippen LogP contribution in [0.3, 0.4) is 0 Å². The normalized spacial score (nSPS) is 18.1. The van der Waals surface area contributed by atoms with E-state index in [4.69, 9.17) is 14.2 Å². The molecular formula is C16H21FN2O4. The molecule has 23 heavy (non-hydrogen) atoms. The lowest BCUT2D eigenvalue weighted by Crippen LogP contribution is -2.44. The smallest absolute Gasteiger partial charge is 0.415 e. The van der Waals surface area contributed by atoms with Gasteiger partial charge in [-0.1, -0.05) is 0 Å². The predicted octanol–water partition coefficient (Wildman–Crippen LogP) is 3.18. The topological polar surface area (TPSA) is 60.9 Å². The van der Waals surface area contributed by atoms with Crippen molar-refractivity contribution in [1.82, 2.24) is 9.88 Å². The summed E-state index contributed by atoms with van der Waals surface area (Å²) in [6.07, 6.45) is 1.90. The molecule has 0 fully saturated rings. The molecule has 0 bridgehead atoms. The van der Waals surface area contributed by atoms with Crippen LogP contribution in [0.15, 0.2) is 18.5 Å². The molecule has 1 atom stereocenters. The van der Waals surface area contributed by atoms with Gasteiger partial charge < -0.3 is 14.2 Å². The van der Waals surface area contributed by atoms with Gasteiger partial charge in [-0.25, -0.2) is 14.2 Å². The van der Waals surface area contributed by atoms with Gasteiger partial charge in [-0.05, 0) is 33.8 Å². The number of hydrogen-bond donors (Lipinski definition) is 0. The monoisotopic (exact) mass is 324 g/mol. The summed E-state index contributed by atoms with van der Waals surface area (Å²) >= 11 is 0. The maximum absolute atomic E-state index is 13.6. The van der Waals surface area contributed by atoms with E-state index in [0.717, 1.165) is 6.20 Å². The summed E-state index contributed by atoms with van der Waals surface area (Å²) in [6, 6.07) is 0.967. The molecule has 6 nitrogen and oxygen atoms in total. The molecule has 1 aromatic rings. The first-order chi connectivity index (χ1) is 10.7. The van der Waals surface area contributed by atoms with Crippen LogP contribution in [0.1, 0.15) is 33.3 Å². The zero-order valence-electron chi connectivity index (χ0n) is 13.9. The Morgan fingerprint density at radius 1 is 1.48 bits per heavy atom. The first kappa shape index (κ1) is 17.1. The van der Waals surface area contributed by atoms with Crippen molar-refractivity contribution in [3.63, 3.8) is 0 Å². The third-order valence-corrected chi connectivity index (χ3v) is 3.11. The number of pyridine rings is 1. The first-order valence-electron chi connectivity index (χ1n) is 7.27. The molecule has 0 aromatic carbocycles. The van der Waals surface area contributed by atoms with Crippen molar-refractivity contribution in [2.24, 2.45) is 0 Å². The number of ether oxygens (including phenoxy) is 3. The van der Waals surface area contributed by atoms with Crippen molar-refractivity contribution in [3.8, 4) is 5.88 Å². The van der Waals surface area contributed by atoms with E-state index in [1.807, 2.05) is 6.92 Å². The highest BCUT2D eigenvalue weighted by Crippen LogP contribution is 2.32. The number of amides is 1. The number of rotatable bonds is 2. The number of hydrogen-bond acceptors (Lipinski definition) is 5. The third kappa shape index (κ3) is 3.91. The standard InChI is InChI=1S/C16H21FN2O4/c1-10-8-22-9-13(19(10)15(20)23-16(2,3)4)12-6-11(17)7-18-14(12)21-5/h6-7,9-10H,8H2,1-5H3/t10-/m1/s1. The Labute approximate surface area is 134 Å². The minimum atomic E-state index is -0.648. The fourth-order valence-corrected chi connectivity index (χ4v) is 2.19. The van der Waals surface area contributed by atoms with E-state index in [-0.39, 0.29) is 11.9 Å². The highest BCUT2D eigenvalue weighted by atomic mass is 19.1. The van der Waals surface area contributed by atoms with Gasteiger partial charge in [0.2, 0.25) is 5.88 Å². The summed E-state index contributed by atoms with van der Waals surface area (Å²) in [5, 5.41) is 0. The van der Waals surface area contributed by atoms with Crippen LogP contribution in [0.2, 0.25) is 0 Å². The number of carbonyl (C=O) groups is 1. The van der Waals surface area contributed by atoms with E-state index in [0.29, 0.717) is 17.9 Å². The van der Waals surface area contributed by atoms with Gasteiger partial charge in [0.15, 0.2) is 0 Å². The van der Waals surface area contributed by atoms with Gasteiger partial charge in [0, 0.05) is 0 Å². The molecule has 0 aliphatic carbocycles. The average Bonchev–Trinajstić information content (AvgIpc) is 2.44. The minimum Gasteiger partial charge on any atom is -0.497 e. The Morgan fingerprint density at radius 3 is 2.78 bits per heavy atom. The Hall–Kier alpha value is -2.31. The van der Waals surface area contributed by atoms with E-state index >= 15 is 0 Å². The maximum atomic E-state index is 13.6. The molecular weight excluding hydrogens is 303 g/mol. The number of aromatic nitrogens is 1. The van der Waals surface area contributed by atoms with Gasteiger partial charge in [0.25, 0.3) is 0 Å². The summed E-state index contributed by atoms with van der Waals surface area (Å²) in [4.78, 5) is 17.9.